The van der Waals surface area contributed by atoms with E-state index in [1.807, 2.05) is 78.9 Å². The monoisotopic (exact) mass is 805 g/mol. The Bertz CT molecular complexity index is 3550. The number of hydrogen-bond acceptors (Lipinski definition) is 2. The third-order valence-corrected chi connectivity index (χ3v) is 11.7. The number of aliphatic imine (C=N–C) groups is 2. The second-order valence-electron chi connectivity index (χ2n) is 15.6. The molecule has 1 N–H and O–H groups in total. The first-order valence-corrected chi connectivity index (χ1v) is 21.1. The molecule has 0 fully saturated rings. The Kier molecular flexibility index (Phi) is 9.60. The molecule has 0 amide bonds. The number of nitrogens with zero attached hydrogens (tertiary/aromatic N) is 4. The summed E-state index contributed by atoms with van der Waals surface area (Å²) < 4.78 is 2.42. The first-order chi connectivity index (χ1) is 31.2. The van der Waals surface area contributed by atoms with Crippen LogP contribution >= 0.6 is 0 Å². The number of rotatable bonds is 7. The van der Waals surface area contributed by atoms with Gasteiger partial charge in [0.15, 0.2) is 11.7 Å². The van der Waals surface area contributed by atoms with E-state index < -0.39 is 0 Å². The summed E-state index contributed by atoms with van der Waals surface area (Å²) >= 11 is 0. The number of aromatic nitrogens is 2. The summed E-state index contributed by atoms with van der Waals surface area (Å²) in [5, 5.41) is 14.9. The van der Waals surface area contributed by atoms with Crippen molar-refractivity contribution >= 4 is 61.4 Å². The molecule has 0 unspecified atom stereocenters. The molecule has 0 aliphatic rings. The van der Waals surface area contributed by atoms with Gasteiger partial charge in [0.2, 0.25) is 0 Å². The highest BCUT2D eigenvalue weighted by molar-refractivity contribution is 6.27. The first kappa shape index (κ1) is 37.5. The van der Waals surface area contributed by atoms with Crippen LogP contribution in [0.15, 0.2) is 234 Å². The predicted molar refractivity (Wildman–Crippen MR) is 264 cm³/mol. The smallest absolute Gasteiger partial charge is 0.161 e. The van der Waals surface area contributed by atoms with Gasteiger partial charge in [-0.25, -0.2) is 15.0 Å². The Morgan fingerprint density at radius 3 is 1.81 bits per heavy atom. The van der Waals surface area contributed by atoms with E-state index in [0.717, 1.165) is 72.1 Å². The highest BCUT2D eigenvalue weighted by atomic mass is 15.0. The lowest BCUT2D eigenvalue weighted by Gasteiger charge is -2.14. The van der Waals surface area contributed by atoms with Crippen molar-refractivity contribution in [1.29, 1.82) is 5.41 Å². The average Bonchev–Trinajstić information content (AvgIpc) is 3.70. The summed E-state index contributed by atoms with van der Waals surface area (Å²) in [5.74, 6) is 0.625. The number of pyridine rings is 1. The van der Waals surface area contributed by atoms with E-state index in [2.05, 4.69) is 150 Å². The normalized spacial score (nSPS) is 11.9. The quantitative estimate of drug-likeness (QED) is 0.0973. The van der Waals surface area contributed by atoms with Crippen LogP contribution in [0.3, 0.4) is 0 Å². The van der Waals surface area contributed by atoms with Crippen molar-refractivity contribution in [2.45, 2.75) is 0 Å². The molecule has 2 heterocycles. The summed E-state index contributed by atoms with van der Waals surface area (Å²) in [5.41, 5.74) is 13.3. The fourth-order valence-corrected chi connectivity index (χ4v) is 8.71. The van der Waals surface area contributed by atoms with Crippen LogP contribution in [0.25, 0.3) is 82.7 Å². The van der Waals surface area contributed by atoms with Gasteiger partial charge in [0.1, 0.15) is 0 Å². The zero-order valence-corrected chi connectivity index (χ0v) is 34.2. The van der Waals surface area contributed by atoms with Gasteiger partial charge in [-0.2, -0.15) is 0 Å². The maximum atomic E-state index is 9.12. The lowest BCUT2D eigenvalue weighted by atomic mass is 9.96. The Labute approximate surface area is 365 Å². The molecule has 11 rings (SSSR count). The van der Waals surface area contributed by atoms with Gasteiger partial charge in [0.05, 0.1) is 22.2 Å². The van der Waals surface area contributed by atoms with Crippen molar-refractivity contribution in [3.05, 3.63) is 241 Å². The number of amidine groups is 2. The largest absolute Gasteiger partial charge is 0.309 e. The van der Waals surface area contributed by atoms with Crippen molar-refractivity contribution in [3.8, 4) is 39.2 Å². The number of para-hydroxylation sites is 2. The SMILES string of the molecule is N=C(N=C(N=Cc1ccccc1)c1ccccc1)c1cccc(-c2cccc(-c3ccc4c(c3)c3ccc5c(-c6ccccc6)nc6ccccc6c5c3n4-c3ccccc3)c2)c1. The van der Waals surface area contributed by atoms with Crippen LogP contribution in [0.5, 0.6) is 0 Å². The summed E-state index contributed by atoms with van der Waals surface area (Å²) in [6, 6.07) is 77.5. The molecule has 0 saturated carbocycles. The van der Waals surface area contributed by atoms with Gasteiger partial charge >= 0.3 is 0 Å². The van der Waals surface area contributed by atoms with E-state index in [1.54, 1.807) is 6.21 Å². The molecule has 0 aliphatic carbocycles. The fourth-order valence-electron chi connectivity index (χ4n) is 8.71. The van der Waals surface area contributed by atoms with Gasteiger partial charge in [-0.15, -0.1) is 0 Å². The van der Waals surface area contributed by atoms with Crippen LogP contribution in [0.2, 0.25) is 0 Å². The minimum absolute atomic E-state index is 0.143. The number of benzene rings is 9. The van der Waals surface area contributed by atoms with Crippen LogP contribution in [-0.2, 0) is 0 Å². The number of fused-ring (bicyclic) bond motifs is 7. The lowest BCUT2D eigenvalue weighted by molar-refractivity contribution is 1.19. The molecule has 0 bridgehead atoms. The van der Waals surface area contributed by atoms with E-state index >= 15 is 0 Å². The second-order valence-corrected chi connectivity index (χ2v) is 15.6. The highest BCUT2D eigenvalue weighted by Gasteiger charge is 2.20. The van der Waals surface area contributed by atoms with E-state index in [0.29, 0.717) is 11.4 Å². The molecule has 0 aliphatic heterocycles. The molecule has 0 radical (unpaired) electrons. The molecule has 2 aromatic heterocycles. The Morgan fingerprint density at radius 1 is 0.460 bits per heavy atom. The molecule has 5 nitrogen and oxygen atoms in total. The molecule has 0 saturated heterocycles. The van der Waals surface area contributed by atoms with Gasteiger partial charge in [-0.1, -0.05) is 182 Å². The van der Waals surface area contributed by atoms with Crippen LogP contribution in [0, 0.1) is 5.41 Å². The van der Waals surface area contributed by atoms with Crippen molar-refractivity contribution in [3.63, 3.8) is 0 Å². The first-order valence-electron chi connectivity index (χ1n) is 21.1. The average molecular weight is 806 g/mol. The van der Waals surface area contributed by atoms with Crippen LogP contribution in [0.1, 0.15) is 16.7 Å². The van der Waals surface area contributed by atoms with Crippen LogP contribution < -0.4 is 0 Å². The topological polar surface area (TPSA) is 66.4 Å². The van der Waals surface area contributed by atoms with Crippen molar-refractivity contribution < 1.29 is 0 Å². The summed E-state index contributed by atoms with van der Waals surface area (Å²) in [6.07, 6.45) is 1.79. The van der Waals surface area contributed by atoms with E-state index in [1.165, 1.54) is 21.7 Å². The standard InChI is InChI=1S/C58H39N5/c59-57(62-58(41-21-9-3-10-22-41)60-38-39-17-5-1-6-18-39)46-26-16-25-44(36-46)42-23-15-24-43(35-42)45-31-34-53-51(37-45)48-32-33-50-54(56(48)63(53)47-27-11-4-12-28-47)49-29-13-14-30-52(49)61-55(50)40-19-7-2-8-20-40/h1-38,59H. The lowest BCUT2D eigenvalue weighted by Crippen LogP contribution is -2.04. The van der Waals surface area contributed by atoms with Gasteiger partial charge in [0, 0.05) is 55.5 Å². The van der Waals surface area contributed by atoms with Crippen molar-refractivity contribution in [1.82, 2.24) is 9.55 Å². The maximum absolute atomic E-state index is 9.12. The predicted octanol–water partition coefficient (Wildman–Crippen LogP) is 14.4. The Balaban J connectivity index is 1.02. The third kappa shape index (κ3) is 7.07. The van der Waals surface area contributed by atoms with Crippen molar-refractivity contribution in [2.75, 3.05) is 0 Å². The van der Waals surface area contributed by atoms with Crippen LogP contribution in [0.4, 0.5) is 0 Å². The fraction of sp³-hybridized carbons (Fsp3) is 0. The van der Waals surface area contributed by atoms with Gasteiger partial charge < -0.3 is 4.57 Å². The molecule has 5 heteroatoms. The van der Waals surface area contributed by atoms with Crippen LogP contribution in [-0.4, -0.2) is 27.4 Å². The minimum atomic E-state index is 0.143. The van der Waals surface area contributed by atoms with Gasteiger partial charge in [0.25, 0.3) is 0 Å². The maximum Gasteiger partial charge on any atom is 0.161 e. The minimum Gasteiger partial charge on any atom is -0.309 e. The molecule has 296 valence electrons. The zero-order chi connectivity index (χ0) is 42.1. The van der Waals surface area contributed by atoms with E-state index in [4.69, 9.17) is 20.4 Å². The van der Waals surface area contributed by atoms with Crippen molar-refractivity contribution in [2.24, 2.45) is 9.98 Å². The molecule has 11 aromatic rings. The summed E-state index contributed by atoms with van der Waals surface area (Å²) in [7, 11) is 0. The highest BCUT2D eigenvalue weighted by Crippen LogP contribution is 2.43. The number of nitrogens with one attached hydrogen (secondary N) is 1. The zero-order valence-electron chi connectivity index (χ0n) is 34.2. The molecule has 0 spiro atoms. The van der Waals surface area contributed by atoms with Gasteiger partial charge in [-0.3, -0.25) is 5.41 Å². The Hall–Kier alpha value is -8.54. The molecular weight excluding hydrogens is 767 g/mol. The molecule has 0 atom stereocenters. The van der Waals surface area contributed by atoms with E-state index in [-0.39, 0.29) is 5.84 Å². The number of hydrogen-bond donors (Lipinski definition) is 1. The summed E-state index contributed by atoms with van der Waals surface area (Å²) in [6.45, 7) is 0. The molecule has 63 heavy (non-hydrogen) atoms. The van der Waals surface area contributed by atoms with Gasteiger partial charge in [-0.05, 0) is 70.3 Å². The molecule has 9 aromatic carbocycles. The molecular formula is C58H39N5. The summed E-state index contributed by atoms with van der Waals surface area (Å²) in [4.78, 5) is 14.7. The van der Waals surface area contributed by atoms with E-state index in [9.17, 15) is 0 Å². The third-order valence-electron chi connectivity index (χ3n) is 11.7. The second kappa shape index (κ2) is 16.1. The Morgan fingerprint density at radius 2 is 1.05 bits per heavy atom.